The number of nitrogens with one attached hydrogen (secondary N) is 1. The zero-order valence-electron chi connectivity index (χ0n) is 18.7. The topological polar surface area (TPSA) is 44.7 Å². The number of thioether (sulfide) groups is 1. The minimum absolute atomic E-state index is 0.0886. The third kappa shape index (κ3) is 4.78. The van der Waals surface area contributed by atoms with Crippen molar-refractivity contribution in [3.05, 3.63) is 61.9 Å². The summed E-state index contributed by atoms with van der Waals surface area (Å²) in [5, 5.41) is 4.09. The van der Waals surface area contributed by atoms with Crippen LogP contribution in [0.3, 0.4) is 0 Å². The van der Waals surface area contributed by atoms with Gasteiger partial charge in [0.2, 0.25) is 0 Å². The summed E-state index contributed by atoms with van der Waals surface area (Å²) in [5.41, 5.74) is 4.25. The third-order valence-corrected chi connectivity index (χ3v) is 7.71. The molecule has 1 saturated heterocycles. The van der Waals surface area contributed by atoms with Gasteiger partial charge in [0.15, 0.2) is 5.17 Å². The first kappa shape index (κ1) is 23.4. The maximum absolute atomic E-state index is 12.6. The van der Waals surface area contributed by atoms with Gasteiger partial charge in [0.1, 0.15) is 0 Å². The maximum Gasteiger partial charge on any atom is 0.264 e. The normalized spacial score (nSPS) is 22.4. The van der Waals surface area contributed by atoms with E-state index in [9.17, 15) is 4.79 Å². The quantitative estimate of drug-likeness (QED) is 0.415. The number of halogens is 2. The second kappa shape index (κ2) is 9.24. The van der Waals surface area contributed by atoms with Gasteiger partial charge in [0.25, 0.3) is 5.91 Å². The van der Waals surface area contributed by atoms with Gasteiger partial charge in [-0.2, -0.15) is 0 Å². The van der Waals surface area contributed by atoms with E-state index >= 15 is 0 Å². The lowest BCUT2D eigenvalue weighted by atomic mass is 9.79. The van der Waals surface area contributed by atoms with Crippen LogP contribution in [-0.4, -0.2) is 23.2 Å². The van der Waals surface area contributed by atoms with Crippen LogP contribution >= 0.6 is 39.3 Å². The van der Waals surface area contributed by atoms with Crippen LogP contribution in [0.15, 0.2) is 50.8 Å². The average molecular weight is 533 g/mol. The Balaban J connectivity index is 1.65. The monoisotopic (exact) mass is 531 g/mol. The van der Waals surface area contributed by atoms with Crippen LogP contribution in [0.1, 0.15) is 57.6 Å². The second-order valence-corrected chi connectivity index (χ2v) is 11.3. The van der Waals surface area contributed by atoms with Gasteiger partial charge in [0, 0.05) is 27.3 Å². The fourth-order valence-corrected chi connectivity index (χ4v) is 5.84. The van der Waals surface area contributed by atoms with Crippen molar-refractivity contribution >= 4 is 67.8 Å². The number of amides is 1. The molecule has 0 saturated carbocycles. The minimum Gasteiger partial charge on any atom is -0.366 e. The summed E-state index contributed by atoms with van der Waals surface area (Å²) in [5.74, 6) is 0.267. The molecule has 2 heterocycles. The number of carbonyl (C=O) groups excluding carboxylic acids is 1. The molecule has 1 fully saturated rings. The standard InChI is InChI=1S/C25H27BrClN3OS/c1-5-10-30-21-13-20(27)16(11-19(21)15(2)14-25(30,3)4)12-22-23(31)29-24(32-22)28-18-8-6-17(26)7-9-18/h6-9,11-13,15H,5,10,14H2,1-4H3,(H,28,29,31)/b22-12+. The first-order valence-electron chi connectivity index (χ1n) is 10.8. The Morgan fingerprint density at radius 3 is 2.72 bits per heavy atom. The molecule has 0 aromatic heterocycles. The van der Waals surface area contributed by atoms with Crippen molar-refractivity contribution in [3.63, 3.8) is 0 Å². The molecule has 168 valence electrons. The molecule has 1 atom stereocenters. The summed E-state index contributed by atoms with van der Waals surface area (Å²) in [6.45, 7) is 10.1. The Kier molecular flexibility index (Phi) is 6.76. The molecule has 4 rings (SSSR count). The van der Waals surface area contributed by atoms with E-state index in [1.165, 1.54) is 23.0 Å². The van der Waals surface area contributed by atoms with E-state index in [-0.39, 0.29) is 11.4 Å². The number of anilines is 1. The van der Waals surface area contributed by atoms with E-state index in [1.54, 1.807) is 0 Å². The van der Waals surface area contributed by atoms with Crippen molar-refractivity contribution in [2.75, 3.05) is 11.4 Å². The van der Waals surface area contributed by atoms with Crippen LogP contribution in [0, 0.1) is 0 Å². The van der Waals surface area contributed by atoms with Crippen molar-refractivity contribution in [2.24, 2.45) is 4.99 Å². The van der Waals surface area contributed by atoms with Crippen LogP contribution in [-0.2, 0) is 4.79 Å². The molecule has 0 spiro atoms. The van der Waals surface area contributed by atoms with Gasteiger partial charge in [-0.25, -0.2) is 4.99 Å². The first-order valence-corrected chi connectivity index (χ1v) is 12.8. The number of rotatable bonds is 4. The molecular weight excluding hydrogens is 506 g/mol. The number of carbonyl (C=O) groups is 1. The predicted molar refractivity (Wildman–Crippen MR) is 141 cm³/mol. The van der Waals surface area contributed by atoms with Crippen molar-refractivity contribution in [2.45, 2.75) is 52.0 Å². The van der Waals surface area contributed by atoms with Crippen molar-refractivity contribution in [1.29, 1.82) is 0 Å². The van der Waals surface area contributed by atoms with E-state index < -0.39 is 0 Å². The molecule has 7 heteroatoms. The number of nitrogens with zero attached hydrogens (tertiary/aromatic N) is 2. The molecule has 0 bridgehead atoms. The second-order valence-electron chi connectivity index (χ2n) is 8.96. The fourth-order valence-electron chi connectivity index (χ4n) is 4.53. The molecule has 2 aromatic rings. The number of hydrogen-bond acceptors (Lipinski definition) is 4. The molecular formula is C25H27BrClN3OS. The van der Waals surface area contributed by atoms with E-state index in [2.05, 4.69) is 71.0 Å². The molecule has 1 unspecified atom stereocenters. The highest BCUT2D eigenvalue weighted by atomic mass is 79.9. The summed E-state index contributed by atoms with van der Waals surface area (Å²) >= 11 is 11.5. The fraction of sp³-hybridized carbons (Fsp3) is 0.360. The SMILES string of the molecule is CCCN1c2cc(Cl)c(/C=C3/SC(=Nc4ccc(Br)cc4)NC3=O)cc2C(C)CC1(C)C. The maximum atomic E-state index is 12.6. The highest BCUT2D eigenvalue weighted by Gasteiger charge is 2.36. The Labute approximate surface area is 207 Å². The van der Waals surface area contributed by atoms with Gasteiger partial charge in [-0.05, 0) is 98.0 Å². The highest BCUT2D eigenvalue weighted by Crippen LogP contribution is 2.45. The van der Waals surface area contributed by atoms with Gasteiger partial charge in [0.05, 0.1) is 10.6 Å². The predicted octanol–water partition coefficient (Wildman–Crippen LogP) is 7.50. The number of hydrogen-bond donors (Lipinski definition) is 1. The van der Waals surface area contributed by atoms with E-state index in [0.717, 1.165) is 35.1 Å². The number of fused-ring (bicyclic) bond motifs is 1. The molecule has 1 amide bonds. The van der Waals surface area contributed by atoms with Crippen LogP contribution in [0.4, 0.5) is 11.4 Å². The van der Waals surface area contributed by atoms with E-state index in [0.29, 0.717) is 21.0 Å². The Morgan fingerprint density at radius 1 is 1.31 bits per heavy atom. The lowest BCUT2D eigenvalue weighted by Gasteiger charge is -2.47. The molecule has 2 aromatic carbocycles. The van der Waals surface area contributed by atoms with E-state index in [1.807, 2.05) is 30.3 Å². The lowest BCUT2D eigenvalue weighted by molar-refractivity contribution is -0.115. The zero-order chi connectivity index (χ0) is 23.0. The largest absolute Gasteiger partial charge is 0.366 e. The lowest BCUT2D eigenvalue weighted by Crippen LogP contribution is -2.48. The number of aliphatic imine (C=N–C) groups is 1. The summed E-state index contributed by atoms with van der Waals surface area (Å²) in [6.07, 6.45) is 4.04. The van der Waals surface area contributed by atoms with Gasteiger partial charge in [-0.1, -0.05) is 41.4 Å². The number of amidine groups is 1. The molecule has 4 nitrogen and oxygen atoms in total. The smallest absolute Gasteiger partial charge is 0.264 e. The van der Waals surface area contributed by atoms with Crippen molar-refractivity contribution in [1.82, 2.24) is 5.32 Å². The molecule has 1 N–H and O–H groups in total. The van der Waals surface area contributed by atoms with Crippen LogP contribution < -0.4 is 10.2 Å². The summed E-state index contributed by atoms with van der Waals surface area (Å²) in [6, 6.07) is 11.9. The Bertz CT molecular complexity index is 1110. The van der Waals surface area contributed by atoms with Crippen molar-refractivity contribution < 1.29 is 4.79 Å². The molecule has 32 heavy (non-hydrogen) atoms. The Hall–Kier alpha value is -1.76. The third-order valence-electron chi connectivity index (χ3n) is 5.95. The Morgan fingerprint density at radius 2 is 2.03 bits per heavy atom. The number of benzene rings is 2. The summed E-state index contributed by atoms with van der Waals surface area (Å²) in [7, 11) is 0. The summed E-state index contributed by atoms with van der Waals surface area (Å²) < 4.78 is 0.988. The van der Waals surface area contributed by atoms with Crippen LogP contribution in [0.5, 0.6) is 0 Å². The summed E-state index contributed by atoms with van der Waals surface area (Å²) in [4.78, 5) is 20.2. The highest BCUT2D eigenvalue weighted by molar-refractivity contribution is 9.10. The van der Waals surface area contributed by atoms with E-state index in [4.69, 9.17) is 11.6 Å². The molecule has 2 aliphatic rings. The zero-order valence-corrected chi connectivity index (χ0v) is 21.9. The van der Waals surface area contributed by atoms with Gasteiger partial charge < -0.3 is 10.2 Å². The van der Waals surface area contributed by atoms with Crippen molar-refractivity contribution in [3.8, 4) is 0 Å². The minimum atomic E-state index is -0.151. The van der Waals surface area contributed by atoms with Crippen LogP contribution in [0.2, 0.25) is 5.02 Å². The molecule has 2 aliphatic heterocycles. The first-order chi connectivity index (χ1) is 15.2. The molecule has 0 aliphatic carbocycles. The van der Waals surface area contributed by atoms with Gasteiger partial charge in [-0.3, -0.25) is 4.79 Å². The molecule has 0 radical (unpaired) electrons. The average Bonchev–Trinajstić information content (AvgIpc) is 3.06. The van der Waals surface area contributed by atoms with Crippen LogP contribution in [0.25, 0.3) is 6.08 Å². The van der Waals surface area contributed by atoms with Gasteiger partial charge >= 0.3 is 0 Å². The van der Waals surface area contributed by atoms with Gasteiger partial charge in [-0.15, -0.1) is 0 Å².